The molecule has 0 spiro atoms. The van der Waals surface area contributed by atoms with Crippen molar-refractivity contribution in [2.75, 3.05) is 0 Å². The minimum Gasteiger partial charge on any atom is -0.354 e. The molecule has 0 bridgehead atoms. The van der Waals surface area contributed by atoms with Crippen molar-refractivity contribution in [1.29, 1.82) is 0 Å². The summed E-state index contributed by atoms with van der Waals surface area (Å²) >= 11 is 0. The molecule has 0 saturated heterocycles. The van der Waals surface area contributed by atoms with Gasteiger partial charge < -0.3 is 10.3 Å². The highest BCUT2D eigenvalue weighted by Crippen LogP contribution is 2.36. The van der Waals surface area contributed by atoms with Gasteiger partial charge in [-0.2, -0.15) is 0 Å². The van der Waals surface area contributed by atoms with Crippen LogP contribution >= 0.6 is 0 Å². The summed E-state index contributed by atoms with van der Waals surface area (Å²) in [5.41, 5.74) is 9.08. The Labute approximate surface area is 79.7 Å². The number of nitrogens with two attached hydrogens (primary N) is 1. The number of hydrogen-bond donors (Lipinski definition) is 1. The second-order valence-corrected chi connectivity index (χ2v) is 4.42. The number of nitrogens with zero attached hydrogens (tertiary/aromatic N) is 1. The lowest BCUT2D eigenvalue weighted by molar-refractivity contribution is 0.592. The molecule has 1 aromatic rings. The van der Waals surface area contributed by atoms with Gasteiger partial charge in [-0.3, -0.25) is 0 Å². The van der Waals surface area contributed by atoms with Crippen LogP contribution < -0.4 is 5.73 Å². The van der Waals surface area contributed by atoms with E-state index >= 15 is 0 Å². The van der Waals surface area contributed by atoms with Crippen LogP contribution in [0.25, 0.3) is 0 Å². The third-order valence-electron chi connectivity index (χ3n) is 3.18. The lowest BCUT2D eigenvalue weighted by atomic mass is 10.1. The van der Waals surface area contributed by atoms with Crippen molar-refractivity contribution in [1.82, 2.24) is 4.57 Å². The minimum atomic E-state index is 0.191. The van der Waals surface area contributed by atoms with E-state index in [2.05, 4.69) is 30.8 Å². The summed E-state index contributed by atoms with van der Waals surface area (Å²) in [4.78, 5) is 0. The van der Waals surface area contributed by atoms with Crippen LogP contribution in [0.5, 0.6) is 0 Å². The van der Waals surface area contributed by atoms with Crippen molar-refractivity contribution in [2.24, 2.45) is 12.8 Å². The fraction of sp³-hybridized carbons (Fsp3) is 0.636. The molecule has 0 aromatic carbocycles. The van der Waals surface area contributed by atoms with Gasteiger partial charge >= 0.3 is 0 Å². The van der Waals surface area contributed by atoms with E-state index in [0.717, 1.165) is 12.8 Å². The van der Waals surface area contributed by atoms with Crippen LogP contribution in [0.3, 0.4) is 0 Å². The monoisotopic (exact) mass is 178 g/mol. The number of hydrogen-bond acceptors (Lipinski definition) is 1. The minimum absolute atomic E-state index is 0.191. The molecule has 1 aliphatic rings. The van der Waals surface area contributed by atoms with Crippen molar-refractivity contribution >= 4 is 0 Å². The van der Waals surface area contributed by atoms with E-state index in [1.54, 1.807) is 0 Å². The van der Waals surface area contributed by atoms with Crippen molar-refractivity contribution in [3.8, 4) is 0 Å². The summed E-state index contributed by atoms with van der Waals surface area (Å²) in [7, 11) is 2.11. The van der Waals surface area contributed by atoms with Gasteiger partial charge in [0.25, 0.3) is 0 Å². The molecule has 1 heterocycles. The SMILES string of the molecule is Cc1ccn(C)c1CCC1(N)CC1. The highest BCUT2D eigenvalue weighted by molar-refractivity contribution is 5.21. The summed E-state index contributed by atoms with van der Waals surface area (Å²) in [5, 5.41) is 0. The molecular weight excluding hydrogens is 160 g/mol. The van der Waals surface area contributed by atoms with E-state index in [-0.39, 0.29) is 5.54 Å². The molecule has 2 rings (SSSR count). The summed E-state index contributed by atoms with van der Waals surface area (Å²) < 4.78 is 2.21. The van der Waals surface area contributed by atoms with Gasteiger partial charge in [-0.25, -0.2) is 0 Å². The smallest absolute Gasteiger partial charge is 0.0201 e. The molecular formula is C11H18N2. The highest BCUT2D eigenvalue weighted by atomic mass is 14.9. The van der Waals surface area contributed by atoms with E-state index in [1.165, 1.54) is 24.1 Å². The molecule has 2 nitrogen and oxygen atoms in total. The first-order chi connectivity index (χ1) is 6.11. The zero-order chi connectivity index (χ0) is 9.47. The zero-order valence-corrected chi connectivity index (χ0v) is 8.51. The topological polar surface area (TPSA) is 30.9 Å². The van der Waals surface area contributed by atoms with Gasteiger partial charge in [-0.05, 0) is 44.2 Å². The molecule has 1 aliphatic carbocycles. The number of aromatic nitrogens is 1. The highest BCUT2D eigenvalue weighted by Gasteiger charge is 2.37. The van der Waals surface area contributed by atoms with E-state index < -0.39 is 0 Å². The van der Waals surface area contributed by atoms with E-state index in [0.29, 0.717) is 0 Å². The van der Waals surface area contributed by atoms with E-state index in [4.69, 9.17) is 5.73 Å². The Hall–Kier alpha value is -0.760. The predicted molar refractivity (Wildman–Crippen MR) is 54.6 cm³/mol. The Bertz CT molecular complexity index is 288. The van der Waals surface area contributed by atoms with Crippen LogP contribution in [-0.4, -0.2) is 10.1 Å². The second kappa shape index (κ2) is 2.88. The van der Waals surface area contributed by atoms with Crippen molar-refractivity contribution in [2.45, 2.75) is 38.1 Å². The summed E-state index contributed by atoms with van der Waals surface area (Å²) in [6, 6.07) is 2.17. The van der Waals surface area contributed by atoms with Crippen LogP contribution in [0.2, 0.25) is 0 Å². The lowest BCUT2D eigenvalue weighted by Crippen LogP contribution is -2.22. The Balaban J connectivity index is 2.00. The van der Waals surface area contributed by atoms with Gasteiger partial charge in [0.1, 0.15) is 0 Å². The predicted octanol–water partition coefficient (Wildman–Crippen LogP) is 1.76. The fourth-order valence-corrected chi connectivity index (χ4v) is 1.84. The lowest BCUT2D eigenvalue weighted by Gasteiger charge is -2.09. The van der Waals surface area contributed by atoms with E-state index in [9.17, 15) is 0 Å². The molecule has 13 heavy (non-hydrogen) atoms. The van der Waals surface area contributed by atoms with E-state index in [1.807, 2.05) is 0 Å². The Morgan fingerprint density at radius 1 is 1.54 bits per heavy atom. The third-order valence-corrected chi connectivity index (χ3v) is 3.18. The molecule has 0 aliphatic heterocycles. The zero-order valence-electron chi connectivity index (χ0n) is 8.51. The van der Waals surface area contributed by atoms with Crippen LogP contribution in [0.15, 0.2) is 12.3 Å². The van der Waals surface area contributed by atoms with Crippen molar-refractivity contribution in [3.63, 3.8) is 0 Å². The van der Waals surface area contributed by atoms with Crippen LogP contribution in [-0.2, 0) is 13.5 Å². The molecule has 72 valence electrons. The second-order valence-electron chi connectivity index (χ2n) is 4.42. The first-order valence-corrected chi connectivity index (χ1v) is 5.00. The van der Waals surface area contributed by atoms with Gasteiger partial charge in [-0.1, -0.05) is 0 Å². The van der Waals surface area contributed by atoms with Gasteiger partial charge in [-0.15, -0.1) is 0 Å². The number of rotatable bonds is 3. The Kier molecular flexibility index (Phi) is 1.95. The first kappa shape index (κ1) is 8.82. The quantitative estimate of drug-likeness (QED) is 0.751. The molecule has 0 amide bonds. The van der Waals surface area contributed by atoms with Gasteiger partial charge in [0, 0.05) is 24.5 Å². The summed E-state index contributed by atoms with van der Waals surface area (Å²) in [5.74, 6) is 0. The molecule has 1 fully saturated rings. The molecule has 2 heteroatoms. The maximum absolute atomic E-state index is 6.05. The van der Waals surface area contributed by atoms with Gasteiger partial charge in [0.2, 0.25) is 0 Å². The van der Waals surface area contributed by atoms with Crippen molar-refractivity contribution in [3.05, 3.63) is 23.5 Å². The van der Waals surface area contributed by atoms with Crippen molar-refractivity contribution < 1.29 is 0 Å². The normalized spacial score (nSPS) is 19.0. The standard InChI is InChI=1S/C11H18N2/c1-9-4-8-13(2)10(9)3-5-11(12)6-7-11/h4,8H,3,5-7,12H2,1-2H3. The molecule has 0 atom stereocenters. The molecule has 2 N–H and O–H groups in total. The van der Waals surface area contributed by atoms with Gasteiger partial charge in [0.15, 0.2) is 0 Å². The largest absolute Gasteiger partial charge is 0.354 e. The average molecular weight is 178 g/mol. The third kappa shape index (κ3) is 1.78. The molecule has 0 unspecified atom stereocenters. The van der Waals surface area contributed by atoms with Crippen LogP contribution in [0, 0.1) is 6.92 Å². The van der Waals surface area contributed by atoms with Crippen LogP contribution in [0.4, 0.5) is 0 Å². The fourth-order valence-electron chi connectivity index (χ4n) is 1.84. The Morgan fingerprint density at radius 2 is 2.23 bits per heavy atom. The van der Waals surface area contributed by atoms with Gasteiger partial charge in [0.05, 0.1) is 0 Å². The first-order valence-electron chi connectivity index (χ1n) is 5.00. The molecule has 1 saturated carbocycles. The Morgan fingerprint density at radius 3 is 2.69 bits per heavy atom. The average Bonchev–Trinajstić information content (AvgIpc) is 2.72. The molecule has 1 aromatic heterocycles. The molecule has 0 radical (unpaired) electrons. The maximum atomic E-state index is 6.05. The number of aryl methyl sites for hydroxylation is 2. The summed E-state index contributed by atoms with van der Waals surface area (Å²) in [6.45, 7) is 2.17. The maximum Gasteiger partial charge on any atom is 0.0201 e. The summed E-state index contributed by atoms with van der Waals surface area (Å²) in [6.07, 6.45) is 6.84. The van der Waals surface area contributed by atoms with Crippen LogP contribution in [0.1, 0.15) is 30.5 Å².